The third-order valence-corrected chi connectivity index (χ3v) is 6.56. The summed E-state index contributed by atoms with van der Waals surface area (Å²) >= 11 is 2.88. The summed E-state index contributed by atoms with van der Waals surface area (Å²) in [4.78, 5) is 25.9. The van der Waals surface area contributed by atoms with Crippen molar-refractivity contribution in [3.63, 3.8) is 0 Å². The fourth-order valence-corrected chi connectivity index (χ4v) is 5.58. The lowest BCUT2D eigenvalue weighted by atomic mass is 9.93. The van der Waals surface area contributed by atoms with E-state index in [2.05, 4.69) is 10.5 Å². The average molecular weight is 405 g/mol. The molecular weight excluding hydrogens is 384 g/mol. The Kier molecular flexibility index (Phi) is 6.18. The molecule has 0 aliphatic heterocycles. The summed E-state index contributed by atoms with van der Waals surface area (Å²) in [6, 6.07) is 9.90. The number of oxime groups is 1. The highest BCUT2D eigenvalue weighted by Crippen LogP contribution is 2.42. The van der Waals surface area contributed by atoms with Crippen molar-refractivity contribution in [2.45, 2.75) is 36.8 Å². The van der Waals surface area contributed by atoms with Crippen LogP contribution in [0.5, 0.6) is 0 Å². The maximum Gasteiger partial charge on any atom is 0.341 e. The number of carbonyl (C=O) groups excluding carboxylic acids is 2. The maximum absolute atomic E-state index is 12.5. The molecule has 1 aliphatic carbocycles. The Hall–Kier alpha value is -2.32. The molecule has 2 N–H and O–H groups in total. The first-order chi connectivity index (χ1) is 13.0. The molecule has 0 bridgehead atoms. The molecule has 8 heteroatoms. The Morgan fingerprint density at radius 2 is 2.11 bits per heavy atom. The minimum atomic E-state index is -0.467. The second kappa shape index (κ2) is 8.58. The molecule has 0 spiro atoms. The van der Waals surface area contributed by atoms with Crippen LogP contribution in [0, 0.1) is 0 Å². The molecule has 1 atom stereocenters. The molecule has 0 unspecified atom stereocenters. The topological polar surface area (TPSA) is 88.0 Å². The van der Waals surface area contributed by atoms with Crippen molar-refractivity contribution in [3.05, 3.63) is 46.3 Å². The van der Waals surface area contributed by atoms with Crippen LogP contribution in [-0.2, 0) is 16.0 Å². The summed E-state index contributed by atoms with van der Waals surface area (Å²) < 4.78 is 5.17. The fourth-order valence-electron chi connectivity index (χ4n) is 3.02. The first-order valence-electron chi connectivity index (χ1n) is 8.59. The van der Waals surface area contributed by atoms with Crippen molar-refractivity contribution in [1.82, 2.24) is 0 Å². The van der Waals surface area contributed by atoms with Crippen LogP contribution in [0.3, 0.4) is 0 Å². The van der Waals surface area contributed by atoms with Gasteiger partial charge in [-0.15, -0.1) is 23.1 Å². The van der Waals surface area contributed by atoms with Gasteiger partial charge in [0.2, 0.25) is 5.91 Å². The molecule has 1 aromatic carbocycles. The normalized spacial score (nSPS) is 17.4. The minimum absolute atomic E-state index is 0.0382. The smallest absolute Gasteiger partial charge is 0.341 e. The molecule has 1 heterocycles. The largest absolute Gasteiger partial charge is 0.462 e. The monoisotopic (exact) mass is 404 g/mol. The van der Waals surface area contributed by atoms with E-state index >= 15 is 0 Å². The molecule has 6 nitrogen and oxygen atoms in total. The lowest BCUT2D eigenvalue weighted by Crippen LogP contribution is -2.25. The van der Waals surface area contributed by atoms with Crippen molar-refractivity contribution in [2.24, 2.45) is 5.16 Å². The molecule has 1 amide bonds. The number of thiophene rings is 1. The third kappa shape index (κ3) is 4.17. The average Bonchev–Trinajstić information content (AvgIpc) is 3.00. The highest BCUT2D eigenvalue weighted by Gasteiger charge is 2.35. The minimum Gasteiger partial charge on any atom is -0.462 e. The lowest BCUT2D eigenvalue weighted by Gasteiger charge is -2.23. The molecular formula is C19H20N2O4S2. The van der Waals surface area contributed by atoms with Crippen LogP contribution < -0.4 is 5.32 Å². The van der Waals surface area contributed by atoms with Gasteiger partial charge in [0.05, 0.1) is 22.3 Å². The van der Waals surface area contributed by atoms with Gasteiger partial charge in [-0.1, -0.05) is 23.4 Å². The van der Waals surface area contributed by atoms with E-state index in [1.165, 1.54) is 18.3 Å². The van der Waals surface area contributed by atoms with Crippen LogP contribution in [0.15, 0.2) is 40.4 Å². The van der Waals surface area contributed by atoms with Gasteiger partial charge in [0.25, 0.3) is 0 Å². The SMILES string of the molecule is CCOC(=O)c1c(NC(C)=O)sc2c1CC[C@@H](Sc1ccccc1)/C2=N/O. The van der Waals surface area contributed by atoms with E-state index in [-0.39, 0.29) is 17.8 Å². The van der Waals surface area contributed by atoms with Gasteiger partial charge in [-0.3, -0.25) is 4.79 Å². The maximum atomic E-state index is 12.5. The number of nitrogens with zero attached hydrogens (tertiary/aromatic N) is 1. The van der Waals surface area contributed by atoms with Crippen LogP contribution >= 0.6 is 23.1 Å². The van der Waals surface area contributed by atoms with E-state index < -0.39 is 5.97 Å². The summed E-state index contributed by atoms with van der Waals surface area (Å²) in [5, 5.41) is 16.4. The number of rotatable bonds is 5. The van der Waals surface area contributed by atoms with E-state index in [1.807, 2.05) is 30.3 Å². The Morgan fingerprint density at radius 1 is 1.37 bits per heavy atom. The number of nitrogens with one attached hydrogen (secondary N) is 1. The number of esters is 1. The Bertz CT molecular complexity index is 877. The standard InChI is InChI=1S/C19H20N2O4S2/c1-3-25-19(23)15-13-9-10-14(26-12-7-5-4-6-8-12)16(21-24)17(13)27-18(15)20-11(2)22/h4-8,14,24H,3,9-10H2,1-2H3,(H,20,22)/b21-16-/t14-/m1/s1. The molecule has 0 fully saturated rings. The van der Waals surface area contributed by atoms with Crippen molar-refractivity contribution in [3.8, 4) is 0 Å². The quantitative estimate of drug-likeness (QED) is 0.444. The van der Waals surface area contributed by atoms with E-state index in [1.54, 1.807) is 18.7 Å². The van der Waals surface area contributed by atoms with Gasteiger partial charge in [0.15, 0.2) is 0 Å². The van der Waals surface area contributed by atoms with Gasteiger partial charge < -0.3 is 15.3 Å². The number of hydrogen-bond donors (Lipinski definition) is 2. The van der Waals surface area contributed by atoms with Gasteiger partial charge in [-0.2, -0.15) is 0 Å². The van der Waals surface area contributed by atoms with E-state index in [9.17, 15) is 14.8 Å². The summed E-state index contributed by atoms with van der Waals surface area (Å²) in [7, 11) is 0. The summed E-state index contributed by atoms with van der Waals surface area (Å²) in [5.41, 5.74) is 1.67. The highest BCUT2D eigenvalue weighted by molar-refractivity contribution is 8.00. The van der Waals surface area contributed by atoms with Crippen molar-refractivity contribution < 1.29 is 19.5 Å². The fraction of sp³-hybridized carbons (Fsp3) is 0.316. The molecule has 1 aromatic heterocycles. The third-order valence-electron chi connectivity index (χ3n) is 4.10. The number of ether oxygens (including phenoxy) is 1. The molecule has 1 aliphatic rings. The molecule has 142 valence electrons. The zero-order valence-electron chi connectivity index (χ0n) is 15.0. The summed E-state index contributed by atoms with van der Waals surface area (Å²) in [6.07, 6.45) is 1.36. The van der Waals surface area contributed by atoms with E-state index in [0.717, 1.165) is 15.3 Å². The molecule has 2 aromatic rings. The van der Waals surface area contributed by atoms with Gasteiger partial charge in [-0.25, -0.2) is 4.79 Å². The molecule has 0 saturated heterocycles. The van der Waals surface area contributed by atoms with E-state index in [4.69, 9.17) is 4.74 Å². The number of fused-ring (bicyclic) bond motifs is 1. The van der Waals surface area contributed by atoms with Crippen LogP contribution in [0.4, 0.5) is 5.00 Å². The van der Waals surface area contributed by atoms with Crippen molar-refractivity contribution in [2.75, 3.05) is 11.9 Å². The predicted molar refractivity (Wildman–Crippen MR) is 107 cm³/mol. The number of amides is 1. The Balaban J connectivity index is 1.99. The van der Waals surface area contributed by atoms with Gasteiger partial charge >= 0.3 is 5.97 Å². The predicted octanol–water partition coefficient (Wildman–Crippen LogP) is 4.17. The molecule has 0 saturated carbocycles. The van der Waals surface area contributed by atoms with Gasteiger partial charge in [0, 0.05) is 11.8 Å². The Morgan fingerprint density at radius 3 is 2.74 bits per heavy atom. The summed E-state index contributed by atoms with van der Waals surface area (Å²) in [6.45, 7) is 3.38. The van der Waals surface area contributed by atoms with Crippen LogP contribution in [0.25, 0.3) is 0 Å². The number of hydrogen-bond acceptors (Lipinski definition) is 7. The zero-order valence-corrected chi connectivity index (χ0v) is 16.7. The van der Waals surface area contributed by atoms with Gasteiger partial charge in [0.1, 0.15) is 10.7 Å². The first-order valence-corrected chi connectivity index (χ1v) is 10.3. The number of anilines is 1. The Labute approximate surface area is 165 Å². The van der Waals surface area contributed by atoms with E-state index in [0.29, 0.717) is 29.1 Å². The molecule has 3 rings (SSSR count). The van der Waals surface area contributed by atoms with Crippen LogP contribution in [-0.4, -0.2) is 34.7 Å². The second-order valence-electron chi connectivity index (χ2n) is 5.96. The second-order valence-corrected chi connectivity index (χ2v) is 8.26. The van der Waals surface area contributed by atoms with Crippen molar-refractivity contribution >= 4 is 45.7 Å². The number of thioether (sulfide) groups is 1. The molecule has 0 radical (unpaired) electrons. The number of carbonyl (C=O) groups is 2. The van der Waals surface area contributed by atoms with Crippen LogP contribution in [0.2, 0.25) is 0 Å². The summed E-state index contributed by atoms with van der Waals surface area (Å²) in [5.74, 6) is -0.734. The zero-order chi connectivity index (χ0) is 19.4. The molecule has 27 heavy (non-hydrogen) atoms. The number of benzene rings is 1. The van der Waals surface area contributed by atoms with Gasteiger partial charge in [-0.05, 0) is 37.5 Å². The van der Waals surface area contributed by atoms with Crippen molar-refractivity contribution in [1.29, 1.82) is 0 Å². The lowest BCUT2D eigenvalue weighted by molar-refractivity contribution is -0.114. The van der Waals surface area contributed by atoms with Crippen LogP contribution in [0.1, 0.15) is 41.1 Å². The first kappa shape index (κ1) is 19.4. The highest BCUT2D eigenvalue weighted by atomic mass is 32.2.